The van der Waals surface area contributed by atoms with Crippen molar-refractivity contribution >= 4 is 22.7 Å². The van der Waals surface area contributed by atoms with Crippen molar-refractivity contribution in [2.75, 3.05) is 5.12 Å². The first-order valence-electron chi connectivity index (χ1n) is 4.85. The first-order chi connectivity index (χ1) is 9.92. The van der Waals surface area contributed by atoms with Crippen LogP contribution in [-0.4, -0.2) is 5.37 Å². The fraction of sp³-hybridized carbons (Fsp3) is 0.100. The molecule has 0 bridgehead atoms. The fourth-order valence-electron chi connectivity index (χ4n) is 1.34. The Morgan fingerprint density at radius 2 is 1.59 bits per heavy atom. The molecule has 0 fully saturated rings. The standard InChI is InChI=1S/C10HClF9NO/c11-9(22)21(20)3-1-2(12)4(6(14)5(3)13)10(18,19)7(15)8(16)17/h1H. The number of hydrogen-bond donors (Lipinski definition) is 0. The van der Waals surface area contributed by atoms with Crippen molar-refractivity contribution in [1.82, 2.24) is 0 Å². The number of allylic oxidation sites excluding steroid dienone is 1. The maximum absolute atomic E-state index is 13.4. The molecule has 1 rings (SSSR count). The minimum atomic E-state index is -5.57. The predicted molar refractivity (Wildman–Crippen MR) is 55.4 cm³/mol. The summed E-state index contributed by atoms with van der Waals surface area (Å²) >= 11 is 4.55. The van der Waals surface area contributed by atoms with E-state index in [1.807, 2.05) is 0 Å². The third-order valence-electron chi connectivity index (χ3n) is 2.26. The zero-order chi connectivity index (χ0) is 17.4. The van der Waals surface area contributed by atoms with E-state index in [1.165, 1.54) is 0 Å². The summed E-state index contributed by atoms with van der Waals surface area (Å²) in [5.41, 5.74) is -4.57. The number of carbonyl (C=O) groups is 1. The molecular formula is C10HClF9NO. The Balaban J connectivity index is 3.65. The highest BCUT2D eigenvalue weighted by Crippen LogP contribution is 2.43. The Labute approximate surface area is 120 Å². The van der Waals surface area contributed by atoms with E-state index in [2.05, 4.69) is 11.6 Å². The molecule has 0 atom stereocenters. The largest absolute Gasteiger partial charge is 0.349 e. The van der Waals surface area contributed by atoms with Crippen molar-refractivity contribution < 1.29 is 44.4 Å². The predicted octanol–water partition coefficient (Wildman–Crippen LogP) is 5.32. The third-order valence-corrected chi connectivity index (χ3v) is 2.41. The zero-order valence-corrected chi connectivity index (χ0v) is 10.5. The first-order valence-corrected chi connectivity index (χ1v) is 5.23. The Morgan fingerprint density at radius 1 is 1.09 bits per heavy atom. The van der Waals surface area contributed by atoms with E-state index in [4.69, 9.17) is 0 Å². The number of rotatable bonds is 3. The monoisotopic (exact) mass is 357 g/mol. The van der Waals surface area contributed by atoms with Gasteiger partial charge in [-0.3, -0.25) is 4.79 Å². The van der Waals surface area contributed by atoms with Crippen LogP contribution in [0, 0.1) is 17.5 Å². The van der Waals surface area contributed by atoms with Crippen LogP contribution in [0.1, 0.15) is 5.56 Å². The highest BCUT2D eigenvalue weighted by molar-refractivity contribution is 6.65. The lowest BCUT2D eigenvalue weighted by Crippen LogP contribution is -2.23. The highest BCUT2D eigenvalue weighted by Gasteiger charge is 2.47. The molecule has 0 aliphatic heterocycles. The average molecular weight is 358 g/mol. The molecule has 122 valence electrons. The molecule has 0 aliphatic rings. The van der Waals surface area contributed by atoms with Gasteiger partial charge < -0.3 is 0 Å². The normalized spacial score (nSPS) is 11.4. The summed E-state index contributed by atoms with van der Waals surface area (Å²) in [6.45, 7) is 0. The summed E-state index contributed by atoms with van der Waals surface area (Å²) in [6, 6.07) is -0.481. The average Bonchev–Trinajstić information content (AvgIpc) is 2.40. The van der Waals surface area contributed by atoms with Crippen LogP contribution in [-0.2, 0) is 5.92 Å². The van der Waals surface area contributed by atoms with Gasteiger partial charge in [0, 0.05) is 6.07 Å². The number of nitrogens with zero attached hydrogens (tertiary/aromatic N) is 1. The van der Waals surface area contributed by atoms with Crippen LogP contribution >= 0.6 is 11.6 Å². The van der Waals surface area contributed by atoms with Gasteiger partial charge in [0.2, 0.25) is 5.83 Å². The zero-order valence-electron chi connectivity index (χ0n) is 9.71. The number of carbonyl (C=O) groups excluding carboxylic acids is 1. The molecule has 0 saturated carbocycles. The summed E-state index contributed by atoms with van der Waals surface area (Å²) in [7, 11) is 0. The van der Waals surface area contributed by atoms with Crippen LogP contribution in [0.15, 0.2) is 18.0 Å². The van der Waals surface area contributed by atoms with Gasteiger partial charge in [0.05, 0.1) is 0 Å². The number of anilines is 1. The van der Waals surface area contributed by atoms with E-state index in [0.717, 1.165) is 0 Å². The van der Waals surface area contributed by atoms with E-state index in [0.29, 0.717) is 0 Å². The number of amides is 1. The minimum absolute atomic E-state index is 0.481. The highest BCUT2D eigenvalue weighted by atomic mass is 35.5. The van der Waals surface area contributed by atoms with E-state index in [1.54, 1.807) is 0 Å². The molecule has 1 amide bonds. The SMILES string of the molecule is O=C(Cl)N(F)c1cc(F)c(C(F)(F)C(F)=C(F)F)c(F)c1F. The molecule has 0 N–H and O–H groups in total. The van der Waals surface area contributed by atoms with Gasteiger partial charge in [-0.1, -0.05) is 4.48 Å². The van der Waals surface area contributed by atoms with Crippen molar-refractivity contribution in [3.8, 4) is 0 Å². The molecule has 22 heavy (non-hydrogen) atoms. The lowest BCUT2D eigenvalue weighted by molar-refractivity contribution is -0.00150. The molecule has 12 heteroatoms. The third kappa shape index (κ3) is 2.98. The maximum Gasteiger partial charge on any atom is 0.349 e. The van der Waals surface area contributed by atoms with Gasteiger partial charge in [-0.15, -0.1) is 5.12 Å². The summed E-state index contributed by atoms with van der Waals surface area (Å²) < 4.78 is 116. The van der Waals surface area contributed by atoms with E-state index in [-0.39, 0.29) is 0 Å². The van der Waals surface area contributed by atoms with Gasteiger partial charge >= 0.3 is 17.4 Å². The first kappa shape index (κ1) is 18.1. The van der Waals surface area contributed by atoms with Crippen molar-refractivity contribution in [3.05, 3.63) is 41.0 Å². The van der Waals surface area contributed by atoms with Crippen molar-refractivity contribution in [2.24, 2.45) is 0 Å². The molecule has 0 radical (unpaired) electrons. The lowest BCUT2D eigenvalue weighted by Gasteiger charge is -2.18. The molecular weight excluding hydrogens is 357 g/mol. The maximum atomic E-state index is 13.4. The smallest absolute Gasteiger partial charge is 0.252 e. The van der Waals surface area contributed by atoms with Gasteiger partial charge in [-0.2, -0.15) is 22.0 Å². The van der Waals surface area contributed by atoms with Gasteiger partial charge in [0.1, 0.15) is 17.1 Å². The molecule has 0 heterocycles. The topological polar surface area (TPSA) is 20.3 Å². The Bertz CT molecular complexity index is 656. The number of halogens is 10. The van der Waals surface area contributed by atoms with E-state index < -0.39 is 63.1 Å². The number of hydrogen-bond acceptors (Lipinski definition) is 1. The second-order valence-electron chi connectivity index (χ2n) is 3.56. The fourth-order valence-corrected chi connectivity index (χ4v) is 1.43. The summed E-state index contributed by atoms with van der Waals surface area (Å²) in [5.74, 6) is -17.0. The Kier molecular flexibility index (Phi) is 5.00. The van der Waals surface area contributed by atoms with Gasteiger partial charge in [0.15, 0.2) is 11.6 Å². The van der Waals surface area contributed by atoms with Gasteiger partial charge in [0.25, 0.3) is 0 Å². The second-order valence-corrected chi connectivity index (χ2v) is 3.89. The molecule has 1 aromatic rings. The summed E-state index contributed by atoms with van der Waals surface area (Å²) in [5, 5.41) is -3.43. The molecule has 0 saturated heterocycles. The van der Waals surface area contributed by atoms with Crippen LogP contribution in [0.4, 0.5) is 50.1 Å². The second kappa shape index (κ2) is 6.07. The molecule has 0 aromatic heterocycles. The lowest BCUT2D eigenvalue weighted by atomic mass is 10.0. The van der Waals surface area contributed by atoms with Crippen LogP contribution in [0.2, 0.25) is 0 Å². The van der Waals surface area contributed by atoms with Crippen molar-refractivity contribution in [2.45, 2.75) is 5.92 Å². The van der Waals surface area contributed by atoms with Crippen LogP contribution in [0.25, 0.3) is 0 Å². The van der Waals surface area contributed by atoms with E-state index >= 15 is 0 Å². The minimum Gasteiger partial charge on any atom is -0.252 e. The summed E-state index contributed by atoms with van der Waals surface area (Å²) in [4.78, 5) is 10.4. The Hall–Kier alpha value is -1.91. The molecule has 0 spiro atoms. The molecule has 1 aromatic carbocycles. The van der Waals surface area contributed by atoms with Crippen molar-refractivity contribution in [1.29, 1.82) is 0 Å². The summed E-state index contributed by atoms with van der Waals surface area (Å²) in [6.07, 6.45) is -3.60. The van der Waals surface area contributed by atoms with Crippen LogP contribution in [0.5, 0.6) is 0 Å². The van der Waals surface area contributed by atoms with Crippen LogP contribution in [0.3, 0.4) is 0 Å². The molecule has 0 aliphatic carbocycles. The van der Waals surface area contributed by atoms with Gasteiger partial charge in [-0.25, -0.2) is 13.2 Å². The van der Waals surface area contributed by atoms with Crippen LogP contribution < -0.4 is 5.12 Å². The quantitative estimate of drug-likeness (QED) is 0.236. The molecule has 2 nitrogen and oxygen atoms in total. The molecule has 0 unspecified atom stereocenters. The van der Waals surface area contributed by atoms with Gasteiger partial charge in [-0.05, 0) is 11.6 Å². The number of alkyl halides is 2. The number of benzene rings is 1. The van der Waals surface area contributed by atoms with Crippen molar-refractivity contribution in [3.63, 3.8) is 0 Å². The Morgan fingerprint density at radius 3 is 2.00 bits per heavy atom. The van der Waals surface area contributed by atoms with E-state index in [9.17, 15) is 44.4 Å².